The first kappa shape index (κ1) is 20.9. The van der Waals surface area contributed by atoms with Gasteiger partial charge in [0.1, 0.15) is 0 Å². The number of rotatable bonds is 9. The average molecular weight is 390 g/mol. The van der Waals surface area contributed by atoms with Crippen molar-refractivity contribution in [1.29, 1.82) is 0 Å². The fraction of sp³-hybridized carbons (Fsp3) is 0.350. The van der Waals surface area contributed by atoms with Crippen LogP contribution < -0.4 is 5.32 Å². The molecule has 144 valence electrons. The van der Waals surface area contributed by atoms with E-state index in [-0.39, 0.29) is 28.2 Å². The Morgan fingerprint density at radius 1 is 1.19 bits per heavy atom. The Morgan fingerprint density at radius 2 is 1.85 bits per heavy atom. The SMILES string of the molecule is CCN(CC)C(CNC(=O)c1ccc([N+](=O)[O-])cc1Cl)Cc1ccccc1. The molecule has 1 amide bonds. The minimum Gasteiger partial charge on any atom is -0.350 e. The summed E-state index contributed by atoms with van der Waals surface area (Å²) in [6.45, 7) is 6.40. The van der Waals surface area contributed by atoms with E-state index in [1.165, 1.54) is 23.8 Å². The van der Waals surface area contributed by atoms with E-state index in [9.17, 15) is 14.9 Å². The summed E-state index contributed by atoms with van der Waals surface area (Å²) in [6, 6.07) is 14.1. The summed E-state index contributed by atoms with van der Waals surface area (Å²) in [4.78, 5) is 25.1. The van der Waals surface area contributed by atoms with Gasteiger partial charge in [0.25, 0.3) is 11.6 Å². The van der Waals surface area contributed by atoms with Gasteiger partial charge in [0, 0.05) is 24.7 Å². The molecule has 0 aliphatic rings. The second-order valence-electron chi connectivity index (χ2n) is 6.20. The van der Waals surface area contributed by atoms with Crippen molar-refractivity contribution in [2.24, 2.45) is 0 Å². The molecule has 0 heterocycles. The van der Waals surface area contributed by atoms with E-state index in [0.717, 1.165) is 19.5 Å². The van der Waals surface area contributed by atoms with E-state index in [1.807, 2.05) is 18.2 Å². The van der Waals surface area contributed by atoms with E-state index in [0.29, 0.717) is 6.54 Å². The van der Waals surface area contributed by atoms with E-state index in [4.69, 9.17) is 11.6 Å². The zero-order chi connectivity index (χ0) is 19.8. The van der Waals surface area contributed by atoms with Crippen LogP contribution in [0.15, 0.2) is 48.5 Å². The first-order valence-corrected chi connectivity index (χ1v) is 9.34. The largest absolute Gasteiger partial charge is 0.350 e. The number of nitrogens with one attached hydrogen (secondary N) is 1. The number of hydrogen-bond donors (Lipinski definition) is 1. The lowest BCUT2D eigenvalue weighted by Gasteiger charge is -2.30. The first-order chi connectivity index (χ1) is 13.0. The van der Waals surface area contributed by atoms with Crippen molar-refractivity contribution < 1.29 is 9.72 Å². The molecule has 2 aromatic rings. The zero-order valence-electron chi connectivity index (χ0n) is 15.5. The topological polar surface area (TPSA) is 75.5 Å². The summed E-state index contributed by atoms with van der Waals surface area (Å²) in [5, 5.41) is 13.8. The lowest BCUT2D eigenvalue weighted by atomic mass is 10.0. The highest BCUT2D eigenvalue weighted by Crippen LogP contribution is 2.22. The molecule has 1 N–H and O–H groups in total. The summed E-state index contributed by atoms with van der Waals surface area (Å²) in [7, 11) is 0. The summed E-state index contributed by atoms with van der Waals surface area (Å²) in [5.74, 6) is -0.333. The molecule has 1 atom stereocenters. The molecular weight excluding hydrogens is 366 g/mol. The van der Waals surface area contributed by atoms with Crippen LogP contribution in [0.2, 0.25) is 5.02 Å². The predicted octanol–water partition coefficient (Wildman–Crippen LogP) is 3.93. The van der Waals surface area contributed by atoms with Gasteiger partial charge >= 0.3 is 0 Å². The maximum atomic E-state index is 12.5. The van der Waals surface area contributed by atoms with Gasteiger partial charge in [0.2, 0.25) is 0 Å². The molecule has 0 radical (unpaired) electrons. The van der Waals surface area contributed by atoms with Crippen LogP contribution in [0.1, 0.15) is 29.8 Å². The standard InChI is InChI=1S/C20H24ClN3O3/c1-3-23(4-2)17(12-15-8-6-5-7-9-15)14-22-20(25)18-11-10-16(24(26)27)13-19(18)21/h5-11,13,17H,3-4,12,14H2,1-2H3,(H,22,25). The van der Waals surface area contributed by atoms with Crippen LogP contribution in [0.3, 0.4) is 0 Å². The Kier molecular flexibility index (Phi) is 7.76. The van der Waals surface area contributed by atoms with Gasteiger partial charge in [-0.3, -0.25) is 19.8 Å². The van der Waals surface area contributed by atoms with Gasteiger partial charge in [-0.25, -0.2) is 0 Å². The number of non-ortho nitro benzene ring substituents is 1. The van der Waals surface area contributed by atoms with Crippen LogP contribution >= 0.6 is 11.6 Å². The smallest absolute Gasteiger partial charge is 0.270 e. The van der Waals surface area contributed by atoms with Crippen molar-refractivity contribution >= 4 is 23.2 Å². The molecule has 0 saturated heterocycles. The maximum Gasteiger partial charge on any atom is 0.270 e. The molecule has 0 aromatic heterocycles. The third-order valence-electron chi connectivity index (χ3n) is 4.55. The fourth-order valence-corrected chi connectivity index (χ4v) is 3.32. The van der Waals surface area contributed by atoms with Crippen LogP contribution in [0.5, 0.6) is 0 Å². The number of hydrogen-bond acceptors (Lipinski definition) is 4. The highest BCUT2D eigenvalue weighted by atomic mass is 35.5. The number of carbonyl (C=O) groups is 1. The predicted molar refractivity (Wildman–Crippen MR) is 107 cm³/mol. The van der Waals surface area contributed by atoms with Gasteiger partial charge in [-0.05, 0) is 31.1 Å². The number of carbonyl (C=O) groups excluding carboxylic acids is 1. The van der Waals surface area contributed by atoms with Crippen molar-refractivity contribution in [2.45, 2.75) is 26.3 Å². The Morgan fingerprint density at radius 3 is 2.41 bits per heavy atom. The number of nitro groups is 1. The molecule has 27 heavy (non-hydrogen) atoms. The summed E-state index contributed by atoms with van der Waals surface area (Å²) in [6.07, 6.45) is 0.816. The minimum absolute atomic E-state index is 0.0733. The van der Waals surface area contributed by atoms with Crippen LogP contribution in [-0.2, 0) is 6.42 Å². The molecule has 7 heteroatoms. The fourth-order valence-electron chi connectivity index (χ4n) is 3.06. The van der Waals surface area contributed by atoms with Gasteiger partial charge in [-0.15, -0.1) is 0 Å². The minimum atomic E-state index is -0.538. The van der Waals surface area contributed by atoms with Crippen LogP contribution in [0, 0.1) is 10.1 Å². The van der Waals surface area contributed by atoms with Crippen molar-refractivity contribution in [3.63, 3.8) is 0 Å². The Hall–Kier alpha value is -2.44. The van der Waals surface area contributed by atoms with Gasteiger partial charge in [-0.1, -0.05) is 55.8 Å². The van der Waals surface area contributed by atoms with Gasteiger partial charge in [0.15, 0.2) is 0 Å². The lowest BCUT2D eigenvalue weighted by Crippen LogP contribution is -2.45. The lowest BCUT2D eigenvalue weighted by molar-refractivity contribution is -0.384. The third kappa shape index (κ3) is 5.77. The third-order valence-corrected chi connectivity index (χ3v) is 4.86. The van der Waals surface area contributed by atoms with Gasteiger partial charge in [-0.2, -0.15) is 0 Å². The molecule has 0 saturated carbocycles. The molecular formula is C20H24ClN3O3. The molecule has 6 nitrogen and oxygen atoms in total. The number of benzene rings is 2. The van der Waals surface area contributed by atoms with E-state index in [1.54, 1.807) is 0 Å². The number of nitrogens with zero attached hydrogens (tertiary/aromatic N) is 2. The van der Waals surface area contributed by atoms with Crippen molar-refractivity contribution in [3.05, 3.63) is 74.8 Å². The highest BCUT2D eigenvalue weighted by molar-refractivity contribution is 6.34. The van der Waals surface area contributed by atoms with Gasteiger partial charge in [0.05, 0.1) is 15.5 Å². The molecule has 0 bridgehead atoms. The second kappa shape index (κ2) is 10.0. The maximum absolute atomic E-state index is 12.5. The molecule has 0 aliphatic carbocycles. The molecule has 0 aliphatic heterocycles. The first-order valence-electron chi connectivity index (χ1n) is 8.96. The molecule has 2 rings (SSSR count). The van der Waals surface area contributed by atoms with Crippen molar-refractivity contribution in [3.8, 4) is 0 Å². The molecule has 0 spiro atoms. The Balaban J connectivity index is 2.09. The quantitative estimate of drug-likeness (QED) is 0.520. The molecule has 2 aromatic carbocycles. The van der Waals surface area contributed by atoms with Crippen molar-refractivity contribution in [1.82, 2.24) is 10.2 Å². The molecule has 0 fully saturated rings. The van der Waals surface area contributed by atoms with E-state index in [2.05, 4.69) is 36.2 Å². The number of nitro benzene ring substituents is 1. The zero-order valence-corrected chi connectivity index (χ0v) is 16.3. The Labute approximate surface area is 164 Å². The monoisotopic (exact) mass is 389 g/mol. The van der Waals surface area contributed by atoms with Crippen LogP contribution in [-0.4, -0.2) is 41.4 Å². The number of halogens is 1. The average Bonchev–Trinajstić information content (AvgIpc) is 2.67. The summed E-state index contributed by atoms with van der Waals surface area (Å²) in [5.41, 5.74) is 1.30. The summed E-state index contributed by atoms with van der Waals surface area (Å²) < 4.78 is 0. The van der Waals surface area contributed by atoms with E-state index >= 15 is 0 Å². The number of amides is 1. The normalized spacial score (nSPS) is 12.0. The van der Waals surface area contributed by atoms with E-state index < -0.39 is 4.92 Å². The van der Waals surface area contributed by atoms with Gasteiger partial charge < -0.3 is 5.32 Å². The Bertz CT molecular complexity index is 779. The van der Waals surface area contributed by atoms with Crippen molar-refractivity contribution in [2.75, 3.05) is 19.6 Å². The summed E-state index contributed by atoms with van der Waals surface area (Å²) >= 11 is 6.05. The second-order valence-corrected chi connectivity index (χ2v) is 6.60. The highest BCUT2D eigenvalue weighted by Gasteiger charge is 2.19. The van der Waals surface area contributed by atoms with Crippen LogP contribution in [0.25, 0.3) is 0 Å². The van der Waals surface area contributed by atoms with Crippen LogP contribution in [0.4, 0.5) is 5.69 Å². The number of likely N-dealkylation sites (N-methyl/N-ethyl adjacent to an activating group) is 1. The molecule has 1 unspecified atom stereocenters.